The average molecular weight is 204 g/mol. The van der Waals surface area contributed by atoms with Gasteiger partial charge in [0.2, 0.25) is 0 Å². The highest BCUT2D eigenvalue weighted by Crippen LogP contribution is 2.30. The van der Waals surface area contributed by atoms with Crippen molar-refractivity contribution in [3.8, 4) is 5.75 Å². The Labute approximate surface area is 90.3 Å². The molecule has 0 N–H and O–H groups in total. The van der Waals surface area contributed by atoms with Gasteiger partial charge < -0.3 is 4.74 Å². The van der Waals surface area contributed by atoms with E-state index in [2.05, 4.69) is 12.1 Å². The minimum absolute atomic E-state index is 0.186. The summed E-state index contributed by atoms with van der Waals surface area (Å²) in [5.74, 6) is 1.05. The van der Waals surface area contributed by atoms with E-state index in [4.69, 9.17) is 4.74 Å². The monoisotopic (exact) mass is 204 g/mol. The molecule has 0 bridgehead atoms. The van der Waals surface area contributed by atoms with Crippen molar-refractivity contribution in [2.24, 2.45) is 0 Å². The molecule has 1 aliphatic carbocycles. The number of benzene rings is 1. The molecular weight excluding hydrogens is 188 g/mol. The van der Waals surface area contributed by atoms with Crippen molar-refractivity contribution in [1.82, 2.24) is 0 Å². The standard InChI is InChI=1S/C13H16O2/c1-9(14)6-12-7-10-4-3-5-11(10)8-13(12)15-2/h7-8H,3-6H2,1-2H3. The van der Waals surface area contributed by atoms with Gasteiger partial charge in [-0.3, -0.25) is 4.79 Å². The largest absolute Gasteiger partial charge is 0.496 e. The number of hydrogen-bond donors (Lipinski definition) is 0. The summed E-state index contributed by atoms with van der Waals surface area (Å²) in [5.41, 5.74) is 3.82. The Morgan fingerprint density at radius 3 is 2.60 bits per heavy atom. The first kappa shape index (κ1) is 10.2. The van der Waals surface area contributed by atoms with Gasteiger partial charge in [-0.05, 0) is 43.4 Å². The van der Waals surface area contributed by atoms with Crippen LogP contribution in [0.2, 0.25) is 0 Å². The molecule has 0 atom stereocenters. The Kier molecular flexibility index (Phi) is 2.76. The minimum Gasteiger partial charge on any atom is -0.496 e. The molecule has 1 aliphatic rings. The van der Waals surface area contributed by atoms with Crippen molar-refractivity contribution in [3.05, 3.63) is 28.8 Å². The highest BCUT2D eigenvalue weighted by molar-refractivity contribution is 5.79. The highest BCUT2D eigenvalue weighted by atomic mass is 16.5. The van der Waals surface area contributed by atoms with Gasteiger partial charge in [0.15, 0.2) is 0 Å². The third-order valence-corrected chi connectivity index (χ3v) is 2.93. The summed E-state index contributed by atoms with van der Waals surface area (Å²) in [6.45, 7) is 1.62. The van der Waals surface area contributed by atoms with Crippen LogP contribution in [0.1, 0.15) is 30.0 Å². The van der Waals surface area contributed by atoms with E-state index in [-0.39, 0.29) is 5.78 Å². The van der Waals surface area contributed by atoms with Gasteiger partial charge in [-0.15, -0.1) is 0 Å². The Morgan fingerprint density at radius 1 is 1.33 bits per heavy atom. The van der Waals surface area contributed by atoms with Crippen LogP contribution in [0, 0.1) is 0 Å². The zero-order valence-electron chi connectivity index (χ0n) is 9.30. The van der Waals surface area contributed by atoms with Crippen LogP contribution in [-0.2, 0) is 24.1 Å². The number of carbonyl (C=O) groups excluding carboxylic acids is 1. The third kappa shape index (κ3) is 2.04. The maximum atomic E-state index is 11.1. The van der Waals surface area contributed by atoms with Gasteiger partial charge in [0, 0.05) is 12.0 Å². The molecule has 0 spiro atoms. The van der Waals surface area contributed by atoms with Gasteiger partial charge in [-0.1, -0.05) is 6.07 Å². The number of carbonyl (C=O) groups is 1. The smallest absolute Gasteiger partial charge is 0.134 e. The van der Waals surface area contributed by atoms with Crippen molar-refractivity contribution in [2.75, 3.05) is 7.11 Å². The molecule has 0 unspecified atom stereocenters. The number of rotatable bonds is 3. The molecule has 2 rings (SSSR count). The Morgan fingerprint density at radius 2 is 2.00 bits per heavy atom. The zero-order chi connectivity index (χ0) is 10.8. The fourth-order valence-electron chi connectivity index (χ4n) is 2.25. The van der Waals surface area contributed by atoms with Crippen LogP contribution >= 0.6 is 0 Å². The molecule has 15 heavy (non-hydrogen) atoms. The van der Waals surface area contributed by atoms with E-state index in [1.54, 1.807) is 14.0 Å². The van der Waals surface area contributed by atoms with Crippen LogP contribution < -0.4 is 4.74 Å². The van der Waals surface area contributed by atoms with E-state index in [0.717, 1.165) is 24.2 Å². The number of Topliss-reactive ketones (excluding diaryl/α,β-unsaturated/α-hetero) is 1. The molecule has 0 amide bonds. The first-order valence-corrected chi connectivity index (χ1v) is 5.39. The van der Waals surface area contributed by atoms with Gasteiger partial charge in [0.1, 0.15) is 11.5 Å². The number of hydrogen-bond acceptors (Lipinski definition) is 2. The molecule has 0 radical (unpaired) electrons. The zero-order valence-corrected chi connectivity index (χ0v) is 9.30. The lowest BCUT2D eigenvalue weighted by atomic mass is 10.0. The summed E-state index contributed by atoms with van der Waals surface area (Å²) in [7, 11) is 1.67. The second kappa shape index (κ2) is 4.05. The van der Waals surface area contributed by atoms with Crippen LogP contribution in [0.5, 0.6) is 5.75 Å². The summed E-state index contributed by atoms with van der Waals surface area (Å²) >= 11 is 0. The maximum Gasteiger partial charge on any atom is 0.134 e. The number of ether oxygens (including phenoxy) is 1. The topological polar surface area (TPSA) is 26.3 Å². The van der Waals surface area contributed by atoms with Crippen molar-refractivity contribution in [3.63, 3.8) is 0 Å². The van der Waals surface area contributed by atoms with Crippen LogP contribution in [0.15, 0.2) is 12.1 Å². The Hall–Kier alpha value is -1.31. The number of methoxy groups -OCH3 is 1. The lowest BCUT2D eigenvalue weighted by Gasteiger charge is -2.10. The first-order valence-electron chi connectivity index (χ1n) is 5.39. The van der Waals surface area contributed by atoms with Crippen LogP contribution in [0.25, 0.3) is 0 Å². The lowest BCUT2D eigenvalue weighted by molar-refractivity contribution is -0.116. The summed E-state index contributed by atoms with van der Waals surface area (Å²) in [6, 6.07) is 4.24. The Bertz CT molecular complexity index is 394. The summed E-state index contributed by atoms with van der Waals surface area (Å²) in [5, 5.41) is 0. The molecular formula is C13H16O2. The van der Waals surface area contributed by atoms with Crippen molar-refractivity contribution in [2.45, 2.75) is 32.6 Å². The molecule has 80 valence electrons. The number of fused-ring (bicyclic) bond motifs is 1. The second-order valence-electron chi connectivity index (χ2n) is 4.17. The molecule has 0 fully saturated rings. The summed E-state index contributed by atoms with van der Waals surface area (Å²) in [6.07, 6.45) is 3.99. The van der Waals surface area contributed by atoms with Gasteiger partial charge in [0.05, 0.1) is 7.11 Å². The molecule has 0 aliphatic heterocycles. The van der Waals surface area contributed by atoms with Crippen molar-refractivity contribution < 1.29 is 9.53 Å². The molecule has 0 saturated heterocycles. The SMILES string of the molecule is COc1cc2c(cc1CC(C)=O)CCC2. The van der Waals surface area contributed by atoms with Gasteiger partial charge in [0.25, 0.3) is 0 Å². The summed E-state index contributed by atoms with van der Waals surface area (Å²) < 4.78 is 5.32. The molecule has 2 heteroatoms. The molecule has 0 heterocycles. The fraction of sp³-hybridized carbons (Fsp3) is 0.462. The van der Waals surface area contributed by atoms with Gasteiger partial charge in [-0.2, -0.15) is 0 Å². The highest BCUT2D eigenvalue weighted by Gasteiger charge is 2.15. The maximum absolute atomic E-state index is 11.1. The lowest BCUT2D eigenvalue weighted by Crippen LogP contribution is -2.01. The van der Waals surface area contributed by atoms with E-state index < -0.39 is 0 Å². The molecule has 0 saturated carbocycles. The van der Waals surface area contributed by atoms with Crippen molar-refractivity contribution >= 4 is 5.78 Å². The van der Waals surface area contributed by atoms with Crippen LogP contribution in [-0.4, -0.2) is 12.9 Å². The molecule has 1 aromatic rings. The predicted octanol–water partition coefficient (Wildman–Crippen LogP) is 2.32. The third-order valence-electron chi connectivity index (χ3n) is 2.93. The molecule has 0 aromatic heterocycles. The van der Waals surface area contributed by atoms with E-state index in [0.29, 0.717) is 6.42 Å². The van der Waals surface area contributed by atoms with Crippen LogP contribution in [0.4, 0.5) is 0 Å². The predicted molar refractivity (Wildman–Crippen MR) is 59.4 cm³/mol. The van der Waals surface area contributed by atoms with E-state index in [1.165, 1.54) is 17.5 Å². The van der Waals surface area contributed by atoms with Gasteiger partial charge >= 0.3 is 0 Å². The fourth-order valence-corrected chi connectivity index (χ4v) is 2.25. The molecule has 2 nitrogen and oxygen atoms in total. The number of aryl methyl sites for hydroxylation is 2. The second-order valence-corrected chi connectivity index (χ2v) is 4.17. The first-order chi connectivity index (χ1) is 7.20. The quantitative estimate of drug-likeness (QED) is 0.755. The average Bonchev–Trinajstić information content (AvgIpc) is 2.62. The number of ketones is 1. The van der Waals surface area contributed by atoms with E-state index >= 15 is 0 Å². The van der Waals surface area contributed by atoms with Gasteiger partial charge in [-0.25, -0.2) is 0 Å². The summed E-state index contributed by atoms with van der Waals surface area (Å²) in [4.78, 5) is 11.1. The molecule has 1 aromatic carbocycles. The van der Waals surface area contributed by atoms with E-state index in [9.17, 15) is 4.79 Å². The Balaban J connectivity index is 2.39. The minimum atomic E-state index is 0.186. The van der Waals surface area contributed by atoms with Crippen molar-refractivity contribution in [1.29, 1.82) is 0 Å². The van der Waals surface area contributed by atoms with E-state index in [1.807, 2.05) is 0 Å². The normalized spacial score (nSPS) is 13.7. The van der Waals surface area contributed by atoms with Crippen LogP contribution in [0.3, 0.4) is 0 Å².